The molecule has 0 unspecified atom stereocenters. The van der Waals surface area contributed by atoms with E-state index in [0.717, 1.165) is 10.4 Å². The lowest BCUT2D eigenvalue weighted by atomic mass is 9.97. The molecular formula is C18H22FN3O3S2. The van der Waals surface area contributed by atoms with Crippen LogP contribution in [0, 0.1) is 11.7 Å². The van der Waals surface area contributed by atoms with Gasteiger partial charge in [0, 0.05) is 36.5 Å². The topological polar surface area (TPSA) is 79.4 Å². The van der Waals surface area contributed by atoms with Gasteiger partial charge < -0.3 is 5.32 Å². The molecule has 1 fully saturated rings. The summed E-state index contributed by atoms with van der Waals surface area (Å²) >= 11 is 1.39. The Morgan fingerprint density at radius 1 is 1.30 bits per heavy atom. The molecule has 6 nitrogen and oxygen atoms in total. The number of piperidine rings is 1. The Balaban J connectivity index is 1.53. The van der Waals surface area contributed by atoms with Crippen molar-refractivity contribution < 1.29 is 17.6 Å². The van der Waals surface area contributed by atoms with E-state index in [1.54, 1.807) is 25.3 Å². The number of sulfonamides is 1. The van der Waals surface area contributed by atoms with Crippen LogP contribution >= 0.6 is 11.3 Å². The van der Waals surface area contributed by atoms with Crippen LogP contribution < -0.4 is 5.32 Å². The maximum absolute atomic E-state index is 13.0. The van der Waals surface area contributed by atoms with Crippen molar-refractivity contribution in [1.29, 1.82) is 0 Å². The number of hydrogen-bond donors (Lipinski definition) is 1. The third-order valence-electron chi connectivity index (χ3n) is 4.66. The first-order chi connectivity index (χ1) is 12.9. The summed E-state index contributed by atoms with van der Waals surface area (Å²) in [6.07, 6.45) is 3.36. The lowest BCUT2D eigenvalue weighted by Gasteiger charge is -2.30. The summed E-state index contributed by atoms with van der Waals surface area (Å²) < 4.78 is 38.2. The van der Waals surface area contributed by atoms with Crippen molar-refractivity contribution in [2.45, 2.75) is 26.2 Å². The lowest BCUT2D eigenvalue weighted by molar-refractivity contribution is -0.120. The molecule has 9 heteroatoms. The molecule has 0 atom stereocenters. The summed E-state index contributed by atoms with van der Waals surface area (Å²) in [5.41, 5.74) is 0.974. The highest BCUT2D eigenvalue weighted by atomic mass is 32.2. The molecular weight excluding hydrogens is 389 g/mol. The van der Waals surface area contributed by atoms with Crippen LogP contribution in [-0.2, 0) is 21.2 Å². The second-order valence-corrected chi connectivity index (χ2v) is 9.87. The van der Waals surface area contributed by atoms with Gasteiger partial charge in [-0.05, 0) is 37.5 Å². The molecule has 3 rings (SSSR count). The van der Waals surface area contributed by atoms with Gasteiger partial charge in [-0.25, -0.2) is 22.1 Å². The average molecular weight is 412 g/mol. The Morgan fingerprint density at radius 2 is 1.96 bits per heavy atom. The maximum atomic E-state index is 13.0. The van der Waals surface area contributed by atoms with Crippen molar-refractivity contribution in [3.05, 3.63) is 46.7 Å². The molecule has 1 aromatic carbocycles. The normalized spacial score (nSPS) is 16.4. The SMILES string of the molecule is CCS(=O)(=O)N1CCC(C(=O)Nc2ncc(Cc3ccc(F)cc3)s2)CC1. The fourth-order valence-electron chi connectivity index (χ4n) is 3.04. The van der Waals surface area contributed by atoms with Gasteiger partial charge in [-0.1, -0.05) is 12.1 Å². The predicted molar refractivity (Wildman–Crippen MR) is 104 cm³/mol. The molecule has 1 saturated heterocycles. The van der Waals surface area contributed by atoms with Gasteiger partial charge in [0.25, 0.3) is 0 Å². The third kappa shape index (κ3) is 5.12. The number of thiazole rings is 1. The summed E-state index contributed by atoms with van der Waals surface area (Å²) in [6.45, 7) is 2.38. The Bertz CT molecular complexity index is 889. The summed E-state index contributed by atoms with van der Waals surface area (Å²) in [7, 11) is -3.19. The minimum absolute atomic E-state index is 0.0831. The molecule has 0 radical (unpaired) electrons. The number of nitrogens with one attached hydrogen (secondary N) is 1. The highest BCUT2D eigenvalue weighted by Gasteiger charge is 2.30. The zero-order valence-corrected chi connectivity index (χ0v) is 16.7. The van der Waals surface area contributed by atoms with E-state index in [1.165, 1.54) is 27.8 Å². The number of amides is 1. The minimum atomic E-state index is -3.19. The Morgan fingerprint density at radius 3 is 2.59 bits per heavy atom. The number of carbonyl (C=O) groups is 1. The van der Waals surface area contributed by atoms with Crippen molar-refractivity contribution in [3.63, 3.8) is 0 Å². The van der Waals surface area contributed by atoms with Gasteiger partial charge >= 0.3 is 0 Å². The molecule has 146 valence electrons. The number of nitrogens with zero attached hydrogens (tertiary/aromatic N) is 2. The van der Waals surface area contributed by atoms with Gasteiger partial charge in [0.1, 0.15) is 5.82 Å². The van der Waals surface area contributed by atoms with Gasteiger partial charge in [-0.2, -0.15) is 0 Å². The van der Waals surface area contributed by atoms with Crippen LogP contribution in [0.2, 0.25) is 0 Å². The lowest BCUT2D eigenvalue weighted by Crippen LogP contribution is -2.42. The van der Waals surface area contributed by atoms with Crippen LogP contribution in [0.3, 0.4) is 0 Å². The van der Waals surface area contributed by atoms with Crippen LogP contribution in [0.25, 0.3) is 0 Å². The van der Waals surface area contributed by atoms with Crippen LogP contribution in [-0.4, -0.2) is 42.5 Å². The van der Waals surface area contributed by atoms with E-state index in [1.807, 2.05) is 0 Å². The molecule has 1 aliphatic rings. The highest BCUT2D eigenvalue weighted by molar-refractivity contribution is 7.89. The van der Waals surface area contributed by atoms with Crippen molar-refractivity contribution in [2.24, 2.45) is 5.92 Å². The first-order valence-electron chi connectivity index (χ1n) is 8.85. The average Bonchev–Trinajstić information content (AvgIpc) is 3.10. The molecule has 0 saturated carbocycles. The zero-order valence-electron chi connectivity index (χ0n) is 15.0. The van der Waals surface area contributed by atoms with Crippen LogP contribution in [0.5, 0.6) is 0 Å². The van der Waals surface area contributed by atoms with Gasteiger partial charge in [0.05, 0.1) is 5.75 Å². The minimum Gasteiger partial charge on any atom is -0.302 e. The Hall–Kier alpha value is -1.84. The number of halogens is 1. The second kappa shape index (κ2) is 8.45. The zero-order chi connectivity index (χ0) is 19.4. The number of rotatable bonds is 6. The smallest absolute Gasteiger partial charge is 0.229 e. The summed E-state index contributed by atoms with van der Waals surface area (Å²) in [5, 5.41) is 3.36. The summed E-state index contributed by atoms with van der Waals surface area (Å²) in [6, 6.07) is 6.30. The van der Waals surface area contributed by atoms with Crippen LogP contribution in [0.15, 0.2) is 30.5 Å². The summed E-state index contributed by atoms with van der Waals surface area (Å²) in [5.74, 6) is -0.516. The molecule has 2 heterocycles. The molecule has 27 heavy (non-hydrogen) atoms. The molecule has 1 N–H and O–H groups in total. The molecule has 0 spiro atoms. The van der Waals surface area contributed by atoms with Gasteiger partial charge in [-0.15, -0.1) is 11.3 Å². The fourth-order valence-corrected chi connectivity index (χ4v) is 5.02. The maximum Gasteiger partial charge on any atom is 0.229 e. The third-order valence-corrected chi connectivity index (χ3v) is 7.45. The molecule has 0 bridgehead atoms. The molecule has 0 aliphatic carbocycles. The Labute approximate surface area is 162 Å². The molecule has 2 aromatic rings. The standard InChI is InChI=1S/C18H22FN3O3S2/c1-2-27(24,25)22-9-7-14(8-10-22)17(23)21-18-20-12-16(26-18)11-13-3-5-15(19)6-4-13/h3-6,12,14H,2,7-11H2,1H3,(H,20,21,23). The first-order valence-corrected chi connectivity index (χ1v) is 11.3. The number of hydrogen-bond acceptors (Lipinski definition) is 5. The number of carbonyl (C=O) groups excluding carboxylic acids is 1. The van der Waals surface area contributed by atoms with Crippen molar-refractivity contribution in [2.75, 3.05) is 24.2 Å². The van der Waals surface area contributed by atoms with Gasteiger partial charge in [0.2, 0.25) is 15.9 Å². The van der Waals surface area contributed by atoms with E-state index in [0.29, 0.717) is 37.5 Å². The molecule has 1 amide bonds. The Kier molecular flexibility index (Phi) is 6.23. The fraction of sp³-hybridized carbons (Fsp3) is 0.444. The first kappa shape index (κ1) is 19.9. The van der Waals surface area contributed by atoms with Gasteiger partial charge in [0.15, 0.2) is 5.13 Å². The quantitative estimate of drug-likeness (QED) is 0.793. The molecule has 1 aliphatic heterocycles. The summed E-state index contributed by atoms with van der Waals surface area (Å²) in [4.78, 5) is 17.7. The van der Waals surface area contributed by atoms with E-state index in [2.05, 4.69) is 10.3 Å². The van der Waals surface area contributed by atoms with E-state index >= 15 is 0 Å². The second-order valence-electron chi connectivity index (χ2n) is 6.50. The monoisotopic (exact) mass is 411 g/mol. The van der Waals surface area contributed by atoms with Gasteiger partial charge in [-0.3, -0.25) is 4.79 Å². The largest absolute Gasteiger partial charge is 0.302 e. The van der Waals surface area contributed by atoms with Crippen LogP contribution in [0.4, 0.5) is 9.52 Å². The highest BCUT2D eigenvalue weighted by Crippen LogP contribution is 2.25. The van der Waals surface area contributed by atoms with E-state index in [4.69, 9.17) is 0 Å². The van der Waals surface area contributed by atoms with E-state index < -0.39 is 10.0 Å². The number of aromatic nitrogens is 1. The number of anilines is 1. The predicted octanol–water partition coefficient (Wildman–Crippen LogP) is 2.87. The van der Waals surface area contributed by atoms with Crippen molar-refractivity contribution in [3.8, 4) is 0 Å². The number of benzene rings is 1. The van der Waals surface area contributed by atoms with E-state index in [-0.39, 0.29) is 23.4 Å². The van der Waals surface area contributed by atoms with Crippen LogP contribution in [0.1, 0.15) is 30.2 Å². The van der Waals surface area contributed by atoms with E-state index in [9.17, 15) is 17.6 Å². The van der Waals surface area contributed by atoms with Crippen molar-refractivity contribution in [1.82, 2.24) is 9.29 Å². The van der Waals surface area contributed by atoms with Crippen molar-refractivity contribution >= 4 is 32.4 Å². The molecule has 1 aromatic heterocycles.